The summed E-state index contributed by atoms with van der Waals surface area (Å²) in [6.07, 6.45) is 8.53. The van der Waals surface area contributed by atoms with Crippen LogP contribution in [0, 0.1) is 5.92 Å². The molecular formula is C25H32N6O4. The summed E-state index contributed by atoms with van der Waals surface area (Å²) in [5.74, 6) is 1.21. The molecule has 1 saturated carbocycles. The molecule has 10 nitrogen and oxygen atoms in total. The number of aromatic nitrogens is 4. The Morgan fingerprint density at radius 1 is 1.29 bits per heavy atom. The molecule has 1 aliphatic heterocycles. The Kier molecular flexibility index (Phi) is 6.83. The maximum absolute atomic E-state index is 13.2. The van der Waals surface area contributed by atoms with Gasteiger partial charge in [-0.2, -0.15) is 9.61 Å². The zero-order valence-corrected chi connectivity index (χ0v) is 19.9. The van der Waals surface area contributed by atoms with E-state index in [9.17, 15) is 14.7 Å². The van der Waals surface area contributed by atoms with E-state index in [1.165, 1.54) is 0 Å². The third kappa shape index (κ3) is 4.94. The van der Waals surface area contributed by atoms with Gasteiger partial charge in [0.15, 0.2) is 11.4 Å². The van der Waals surface area contributed by atoms with Crippen LogP contribution < -0.4 is 16.2 Å². The molecule has 0 radical (unpaired) electrons. The molecule has 3 aromatic rings. The van der Waals surface area contributed by atoms with Crippen LogP contribution in [0.15, 0.2) is 35.4 Å². The van der Waals surface area contributed by atoms with E-state index in [1.54, 1.807) is 40.7 Å². The monoisotopic (exact) mass is 480 g/mol. The molecule has 1 saturated heterocycles. The Balaban J connectivity index is 1.43. The average Bonchev–Trinajstić information content (AvgIpc) is 3.29. The van der Waals surface area contributed by atoms with Crippen LogP contribution in [0.5, 0.6) is 0 Å². The molecule has 3 N–H and O–H groups in total. The first-order valence-corrected chi connectivity index (χ1v) is 12.4. The summed E-state index contributed by atoms with van der Waals surface area (Å²) >= 11 is 0. The van der Waals surface area contributed by atoms with Gasteiger partial charge < -0.3 is 25.0 Å². The van der Waals surface area contributed by atoms with Crippen molar-refractivity contribution in [3.05, 3.63) is 46.5 Å². The molecular weight excluding hydrogens is 448 g/mol. The summed E-state index contributed by atoms with van der Waals surface area (Å²) in [5, 5.41) is 20.6. The Bertz CT molecular complexity index is 1260. The van der Waals surface area contributed by atoms with E-state index in [4.69, 9.17) is 4.74 Å². The van der Waals surface area contributed by atoms with Crippen molar-refractivity contribution in [3.8, 4) is 0 Å². The number of nitrogens with zero attached hydrogens (tertiary/aromatic N) is 4. The van der Waals surface area contributed by atoms with Crippen molar-refractivity contribution in [1.82, 2.24) is 19.2 Å². The lowest BCUT2D eigenvalue weighted by atomic mass is 9.83. The average molecular weight is 481 g/mol. The van der Waals surface area contributed by atoms with Crippen molar-refractivity contribution < 1.29 is 14.6 Å². The van der Waals surface area contributed by atoms with Crippen molar-refractivity contribution in [2.45, 2.75) is 57.1 Å². The molecule has 3 aromatic heterocycles. The molecule has 0 unspecified atom stereocenters. The number of ketones is 1. The van der Waals surface area contributed by atoms with Crippen molar-refractivity contribution in [3.63, 3.8) is 0 Å². The molecule has 0 amide bonds. The summed E-state index contributed by atoms with van der Waals surface area (Å²) in [7, 11) is 1.77. The Morgan fingerprint density at radius 2 is 2.17 bits per heavy atom. The first kappa shape index (κ1) is 23.5. The SMILES string of the molecule is CNc1cc(Nc2cccn([C@@H]3CCCOC3)c2=O)nc2c(C(=O)C[C@@H]3CCC[C@@H](O)C3)cnn12. The lowest BCUT2D eigenvalue weighted by Crippen LogP contribution is -2.31. The van der Waals surface area contributed by atoms with Gasteiger partial charge in [0.1, 0.15) is 17.3 Å². The maximum Gasteiger partial charge on any atom is 0.274 e. The number of rotatable bonds is 7. The fraction of sp³-hybridized carbons (Fsp3) is 0.520. The highest BCUT2D eigenvalue weighted by Crippen LogP contribution is 2.29. The highest BCUT2D eigenvalue weighted by Gasteiger charge is 2.25. The van der Waals surface area contributed by atoms with E-state index in [0.29, 0.717) is 48.0 Å². The van der Waals surface area contributed by atoms with Gasteiger partial charge in [-0.3, -0.25) is 9.59 Å². The number of aliphatic hydroxyl groups is 1. The maximum atomic E-state index is 13.2. The molecule has 186 valence electrons. The van der Waals surface area contributed by atoms with Gasteiger partial charge in [0, 0.05) is 32.3 Å². The number of fused-ring (bicyclic) bond motifs is 1. The number of aliphatic hydroxyl groups excluding tert-OH is 1. The molecule has 5 rings (SSSR count). The van der Waals surface area contributed by atoms with Gasteiger partial charge in [0.2, 0.25) is 0 Å². The van der Waals surface area contributed by atoms with E-state index < -0.39 is 0 Å². The highest BCUT2D eigenvalue weighted by molar-refractivity contribution is 6.01. The third-order valence-corrected chi connectivity index (χ3v) is 7.02. The quantitative estimate of drug-likeness (QED) is 0.441. The van der Waals surface area contributed by atoms with Crippen LogP contribution in [0.2, 0.25) is 0 Å². The number of carbonyl (C=O) groups is 1. The number of pyridine rings is 1. The van der Waals surface area contributed by atoms with Crippen LogP contribution in [0.3, 0.4) is 0 Å². The predicted molar refractivity (Wildman–Crippen MR) is 133 cm³/mol. The fourth-order valence-electron chi connectivity index (χ4n) is 5.20. The summed E-state index contributed by atoms with van der Waals surface area (Å²) in [4.78, 5) is 31.0. The molecule has 35 heavy (non-hydrogen) atoms. The summed E-state index contributed by atoms with van der Waals surface area (Å²) in [6, 6.07) is 5.33. The lowest BCUT2D eigenvalue weighted by molar-refractivity contribution is 0.0580. The van der Waals surface area contributed by atoms with Gasteiger partial charge in [0.25, 0.3) is 5.56 Å². The van der Waals surface area contributed by atoms with Crippen molar-refractivity contribution in [1.29, 1.82) is 0 Å². The van der Waals surface area contributed by atoms with Crippen LogP contribution in [0.1, 0.15) is 61.3 Å². The van der Waals surface area contributed by atoms with E-state index in [2.05, 4.69) is 20.7 Å². The number of hydrogen-bond donors (Lipinski definition) is 3. The van der Waals surface area contributed by atoms with Crippen LogP contribution >= 0.6 is 0 Å². The van der Waals surface area contributed by atoms with E-state index in [-0.39, 0.29) is 29.4 Å². The topological polar surface area (TPSA) is 123 Å². The zero-order chi connectivity index (χ0) is 24.4. The Hall–Kier alpha value is -3.24. The van der Waals surface area contributed by atoms with Crippen molar-refractivity contribution in [2.24, 2.45) is 5.92 Å². The fourth-order valence-corrected chi connectivity index (χ4v) is 5.20. The highest BCUT2D eigenvalue weighted by atomic mass is 16.5. The minimum Gasteiger partial charge on any atom is -0.393 e. The first-order chi connectivity index (χ1) is 17.0. The molecule has 4 heterocycles. The number of hydrogen-bond acceptors (Lipinski definition) is 8. The Labute approximate surface area is 203 Å². The van der Waals surface area contributed by atoms with E-state index in [0.717, 1.165) is 38.7 Å². The summed E-state index contributed by atoms with van der Waals surface area (Å²) in [5.41, 5.74) is 1.13. The molecule has 3 atom stereocenters. The van der Waals surface area contributed by atoms with E-state index in [1.807, 2.05) is 6.07 Å². The van der Waals surface area contributed by atoms with E-state index >= 15 is 0 Å². The third-order valence-electron chi connectivity index (χ3n) is 7.02. The molecule has 0 bridgehead atoms. The van der Waals surface area contributed by atoms with Gasteiger partial charge in [-0.05, 0) is 50.2 Å². The number of carbonyl (C=O) groups excluding carboxylic acids is 1. The number of anilines is 3. The van der Waals surface area contributed by atoms with Gasteiger partial charge >= 0.3 is 0 Å². The standard InChI is InChI=1S/C25H32N6O4/c1-26-23-13-22(28-20-8-3-9-30(25(20)34)17-6-4-10-35-15-17)29-24-19(14-27-31(23)24)21(33)12-16-5-2-7-18(32)11-16/h3,8-9,13-14,16-18,26,32H,2,4-7,10-12,15H2,1H3,(H,28,29)/t16-,17-,18-/m1/s1. The number of ether oxygens (including phenoxy) is 1. The smallest absolute Gasteiger partial charge is 0.274 e. The van der Waals surface area contributed by atoms with Crippen LogP contribution in [0.25, 0.3) is 5.65 Å². The lowest BCUT2D eigenvalue weighted by Gasteiger charge is -2.25. The number of nitrogens with one attached hydrogen (secondary N) is 2. The normalized spacial score (nSPS) is 22.7. The minimum atomic E-state index is -0.328. The van der Waals surface area contributed by atoms with Crippen LogP contribution in [0.4, 0.5) is 17.3 Å². The molecule has 0 spiro atoms. The summed E-state index contributed by atoms with van der Waals surface area (Å²) in [6.45, 7) is 1.25. The Morgan fingerprint density at radius 3 is 2.94 bits per heavy atom. The first-order valence-electron chi connectivity index (χ1n) is 12.4. The van der Waals surface area contributed by atoms with Gasteiger partial charge in [-0.25, -0.2) is 4.98 Å². The molecule has 1 aliphatic carbocycles. The van der Waals surface area contributed by atoms with Crippen LogP contribution in [-0.2, 0) is 4.74 Å². The molecule has 0 aromatic carbocycles. The van der Waals surface area contributed by atoms with Gasteiger partial charge in [0.05, 0.1) is 30.5 Å². The summed E-state index contributed by atoms with van der Waals surface area (Å²) < 4.78 is 8.87. The second-order valence-corrected chi connectivity index (χ2v) is 9.51. The van der Waals surface area contributed by atoms with Gasteiger partial charge in [-0.15, -0.1) is 0 Å². The van der Waals surface area contributed by atoms with Crippen molar-refractivity contribution in [2.75, 3.05) is 30.9 Å². The minimum absolute atomic E-state index is 0.0127. The largest absolute Gasteiger partial charge is 0.393 e. The molecule has 2 aliphatic rings. The van der Waals surface area contributed by atoms with Crippen LogP contribution in [-0.4, -0.2) is 56.4 Å². The number of Topliss-reactive ketones (excluding diaryl/α,β-unsaturated/α-hetero) is 1. The van der Waals surface area contributed by atoms with Crippen molar-refractivity contribution >= 4 is 28.8 Å². The molecule has 10 heteroatoms. The predicted octanol–water partition coefficient (Wildman–Crippen LogP) is 3.15. The zero-order valence-electron chi connectivity index (χ0n) is 19.9. The second kappa shape index (κ2) is 10.2. The molecule has 2 fully saturated rings. The second-order valence-electron chi connectivity index (χ2n) is 9.51. The van der Waals surface area contributed by atoms with Gasteiger partial charge in [-0.1, -0.05) is 6.42 Å².